The van der Waals surface area contributed by atoms with Crippen LogP contribution in [0, 0.1) is 5.41 Å². The normalized spacial score (nSPS) is 17.5. The summed E-state index contributed by atoms with van der Waals surface area (Å²) in [6, 6.07) is 0. The molecule has 0 N–H and O–H groups in total. The van der Waals surface area contributed by atoms with Crippen LogP contribution in [0.4, 0.5) is 0 Å². The Kier molecular flexibility index (Phi) is 3.54. The lowest BCUT2D eigenvalue weighted by Gasteiger charge is -2.03. The van der Waals surface area contributed by atoms with Gasteiger partial charge in [-0.3, -0.25) is 0 Å². The molecule has 1 rings (SSSR count). The monoisotopic (exact) mass is 195 g/mol. The Hall–Kier alpha value is -1.48. The Morgan fingerprint density at radius 2 is 2.43 bits per heavy atom. The third-order valence-electron chi connectivity index (χ3n) is 2.20. The molecular formula is C9H13N3O2. The van der Waals surface area contributed by atoms with Gasteiger partial charge in [0.15, 0.2) is 0 Å². The molecule has 0 bridgehead atoms. The summed E-state index contributed by atoms with van der Waals surface area (Å²) in [5, 5.41) is 3.51. The van der Waals surface area contributed by atoms with Crippen LogP contribution in [0.3, 0.4) is 0 Å². The average molecular weight is 195 g/mol. The lowest BCUT2D eigenvalue weighted by atomic mass is 10.1. The van der Waals surface area contributed by atoms with Crippen molar-refractivity contribution in [1.82, 2.24) is 0 Å². The van der Waals surface area contributed by atoms with Gasteiger partial charge in [0.05, 0.1) is 6.61 Å². The van der Waals surface area contributed by atoms with E-state index < -0.39 is 0 Å². The van der Waals surface area contributed by atoms with Crippen molar-refractivity contribution >= 4 is 5.97 Å². The fourth-order valence-electron chi connectivity index (χ4n) is 1.15. The van der Waals surface area contributed by atoms with Gasteiger partial charge in [-0.05, 0) is 30.7 Å². The number of rotatable bonds is 5. The minimum Gasteiger partial charge on any atom is -0.463 e. The fraction of sp³-hybridized carbons (Fsp3) is 0.667. The first-order chi connectivity index (χ1) is 6.72. The molecule has 0 saturated heterocycles. The van der Waals surface area contributed by atoms with Crippen LogP contribution in [0.1, 0.15) is 19.8 Å². The number of ether oxygens (including phenoxy) is 1. The van der Waals surface area contributed by atoms with E-state index in [2.05, 4.69) is 10.0 Å². The number of esters is 1. The predicted molar refractivity (Wildman–Crippen MR) is 51.5 cm³/mol. The molecule has 0 aromatic carbocycles. The average Bonchev–Trinajstić information content (AvgIpc) is 2.93. The second-order valence-electron chi connectivity index (χ2n) is 3.34. The minimum atomic E-state index is -0.334. The highest BCUT2D eigenvalue weighted by Gasteiger charge is 2.39. The highest BCUT2D eigenvalue weighted by Crippen LogP contribution is 2.47. The van der Waals surface area contributed by atoms with Crippen molar-refractivity contribution in [3.8, 4) is 0 Å². The van der Waals surface area contributed by atoms with Crippen molar-refractivity contribution < 1.29 is 9.53 Å². The van der Waals surface area contributed by atoms with Crippen molar-refractivity contribution in [1.29, 1.82) is 0 Å². The highest BCUT2D eigenvalue weighted by atomic mass is 16.5. The number of carbonyl (C=O) groups is 1. The zero-order valence-corrected chi connectivity index (χ0v) is 8.14. The molecule has 0 aliphatic heterocycles. The zero-order chi connectivity index (χ0) is 10.4. The summed E-state index contributed by atoms with van der Waals surface area (Å²) in [4.78, 5) is 13.7. The first kappa shape index (κ1) is 10.6. The summed E-state index contributed by atoms with van der Waals surface area (Å²) in [6.07, 6.45) is 5.16. The second kappa shape index (κ2) is 4.67. The maximum absolute atomic E-state index is 11.0. The Morgan fingerprint density at radius 3 is 2.93 bits per heavy atom. The van der Waals surface area contributed by atoms with Gasteiger partial charge < -0.3 is 4.74 Å². The molecular weight excluding hydrogens is 182 g/mol. The summed E-state index contributed by atoms with van der Waals surface area (Å²) in [6.45, 7) is 2.57. The summed E-state index contributed by atoms with van der Waals surface area (Å²) >= 11 is 0. The van der Waals surface area contributed by atoms with Crippen molar-refractivity contribution in [3.05, 3.63) is 22.6 Å². The summed E-state index contributed by atoms with van der Waals surface area (Å²) in [5.74, 6) is -0.334. The quantitative estimate of drug-likeness (QED) is 0.222. The molecule has 5 heteroatoms. The van der Waals surface area contributed by atoms with Crippen LogP contribution in [0.25, 0.3) is 10.4 Å². The second-order valence-corrected chi connectivity index (χ2v) is 3.34. The molecule has 0 aromatic rings. The van der Waals surface area contributed by atoms with Crippen LogP contribution < -0.4 is 0 Å². The maximum atomic E-state index is 11.0. The first-order valence-electron chi connectivity index (χ1n) is 4.59. The fourth-order valence-corrected chi connectivity index (χ4v) is 1.15. The van der Waals surface area contributed by atoms with E-state index in [9.17, 15) is 4.79 Å². The smallest absolute Gasteiger partial charge is 0.330 e. The number of azide groups is 1. The lowest BCUT2D eigenvalue weighted by Crippen LogP contribution is -2.04. The summed E-state index contributed by atoms with van der Waals surface area (Å²) < 4.78 is 4.74. The Labute approximate surface area is 82.4 Å². The van der Waals surface area contributed by atoms with Gasteiger partial charge >= 0.3 is 5.97 Å². The van der Waals surface area contributed by atoms with Crippen LogP contribution in [-0.2, 0) is 9.53 Å². The largest absolute Gasteiger partial charge is 0.463 e. The molecule has 5 nitrogen and oxygen atoms in total. The van der Waals surface area contributed by atoms with E-state index in [0.29, 0.717) is 13.2 Å². The van der Waals surface area contributed by atoms with Gasteiger partial charge in [-0.2, -0.15) is 0 Å². The number of hydrogen-bond donors (Lipinski definition) is 0. The number of hydrogen-bond acceptors (Lipinski definition) is 3. The SMILES string of the molecule is CCOC(=O)/C=C/C1(CN=[N+]=[N-])CC1. The van der Waals surface area contributed by atoms with Gasteiger partial charge in [0.1, 0.15) is 0 Å². The topological polar surface area (TPSA) is 75.1 Å². The molecule has 0 heterocycles. The van der Waals surface area contributed by atoms with E-state index in [1.54, 1.807) is 13.0 Å². The van der Waals surface area contributed by atoms with E-state index in [-0.39, 0.29) is 11.4 Å². The van der Waals surface area contributed by atoms with Gasteiger partial charge in [0.25, 0.3) is 0 Å². The number of nitrogens with zero attached hydrogens (tertiary/aromatic N) is 3. The molecule has 0 amide bonds. The maximum Gasteiger partial charge on any atom is 0.330 e. The van der Waals surface area contributed by atoms with Crippen LogP contribution in [0.15, 0.2) is 17.3 Å². The van der Waals surface area contributed by atoms with Gasteiger partial charge in [-0.25, -0.2) is 4.79 Å². The zero-order valence-electron chi connectivity index (χ0n) is 8.14. The highest BCUT2D eigenvalue weighted by molar-refractivity contribution is 5.82. The van der Waals surface area contributed by atoms with Crippen LogP contribution >= 0.6 is 0 Å². The Balaban J connectivity index is 2.42. The molecule has 0 spiro atoms. The van der Waals surface area contributed by atoms with Gasteiger partial charge in [0, 0.05) is 17.5 Å². The van der Waals surface area contributed by atoms with Crippen LogP contribution in [0.2, 0.25) is 0 Å². The molecule has 1 fully saturated rings. The predicted octanol–water partition coefficient (Wildman–Crippen LogP) is 2.20. The van der Waals surface area contributed by atoms with E-state index in [0.717, 1.165) is 12.8 Å². The van der Waals surface area contributed by atoms with Crippen LogP contribution in [0.5, 0.6) is 0 Å². The number of carbonyl (C=O) groups excluding carboxylic acids is 1. The van der Waals surface area contributed by atoms with Crippen LogP contribution in [-0.4, -0.2) is 19.1 Å². The van der Waals surface area contributed by atoms with E-state index in [1.165, 1.54) is 6.08 Å². The Bertz CT molecular complexity index is 288. The van der Waals surface area contributed by atoms with Crippen molar-refractivity contribution in [3.63, 3.8) is 0 Å². The van der Waals surface area contributed by atoms with E-state index in [4.69, 9.17) is 10.3 Å². The molecule has 0 radical (unpaired) electrons. The Morgan fingerprint density at radius 1 is 1.71 bits per heavy atom. The van der Waals surface area contributed by atoms with Gasteiger partial charge in [-0.1, -0.05) is 11.2 Å². The molecule has 76 valence electrons. The van der Waals surface area contributed by atoms with Gasteiger partial charge in [0.2, 0.25) is 0 Å². The van der Waals surface area contributed by atoms with E-state index in [1.807, 2.05) is 0 Å². The molecule has 1 aliphatic rings. The van der Waals surface area contributed by atoms with Crippen molar-refractivity contribution in [2.45, 2.75) is 19.8 Å². The van der Waals surface area contributed by atoms with E-state index >= 15 is 0 Å². The summed E-state index contributed by atoms with van der Waals surface area (Å²) in [5.41, 5.74) is 8.09. The summed E-state index contributed by atoms with van der Waals surface area (Å²) in [7, 11) is 0. The molecule has 1 saturated carbocycles. The molecule has 0 aromatic heterocycles. The molecule has 14 heavy (non-hydrogen) atoms. The third kappa shape index (κ3) is 3.11. The molecule has 0 unspecified atom stereocenters. The van der Waals surface area contributed by atoms with Crippen molar-refractivity contribution in [2.24, 2.45) is 10.5 Å². The minimum absolute atomic E-state index is 0.0704. The van der Waals surface area contributed by atoms with Gasteiger partial charge in [-0.15, -0.1) is 0 Å². The molecule has 0 atom stereocenters. The third-order valence-corrected chi connectivity index (χ3v) is 2.20. The standard InChI is InChI=1S/C9H13N3O2/c1-2-14-8(13)3-4-9(5-6-9)7-11-12-10/h3-4H,2,5-7H2,1H3/b4-3+. The molecule has 1 aliphatic carbocycles. The van der Waals surface area contributed by atoms with Crippen molar-refractivity contribution in [2.75, 3.05) is 13.2 Å². The first-order valence-corrected chi connectivity index (χ1v) is 4.59. The lowest BCUT2D eigenvalue weighted by molar-refractivity contribution is -0.137.